The van der Waals surface area contributed by atoms with Gasteiger partial charge in [-0.3, -0.25) is 9.11 Å². The summed E-state index contributed by atoms with van der Waals surface area (Å²) < 4.78 is 63.6. The van der Waals surface area contributed by atoms with Crippen molar-refractivity contribution in [1.82, 2.24) is 0 Å². The molecular formula is C40H40N6O6S2. The van der Waals surface area contributed by atoms with E-state index in [1.54, 1.807) is 12.1 Å². The van der Waals surface area contributed by atoms with Crippen molar-refractivity contribution in [3.8, 4) is 0 Å². The molecule has 0 heterocycles. The number of aryl methyl sites for hydroxylation is 2. The molecule has 0 saturated carbocycles. The zero-order valence-electron chi connectivity index (χ0n) is 30.1. The largest absolute Gasteiger partial charge is 0.370 e. The molecule has 0 fully saturated rings. The molecule has 0 atom stereocenters. The third-order valence-electron chi connectivity index (χ3n) is 9.09. The molecule has 0 aromatic heterocycles. The molecule has 0 aliphatic rings. The Hall–Kier alpha value is -5.80. The Morgan fingerprint density at radius 3 is 1.57 bits per heavy atom. The van der Waals surface area contributed by atoms with Crippen molar-refractivity contribution in [2.75, 3.05) is 34.7 Å². The Labute approximate surface area is 315 Å². The van der Waals surface area contributed by atoms with Gasteiger partial charge in [-0.15, -0.1) is 0 Å². The van der Waals surface area contributed by atoms with E-state index in [1.165, 1.54) is 58.3 Å². The summed E-state index contributed by atoms with van der Waals surface area (Å²) in [4.78, 5) is 4.04. The van der Waals surface area contributed by atoms with Crippen LogP contribution in [0.4, 0.5) is 34.1 Å². The van der Waals surface area contributed by atoms with E-state index in [9.17, 15) is 25.9 Å². The number of hydrazine groups is 1. The number of hydrogen-bond donors (Lipinski definition) is 4. The summed E-state index contributed by atoms with van der Waals surface area (Å²) >= 11 is 0. The highest BCUT2D eigenvalue weighted by atomic mass is 32.2. The van der Waals surface area contributed by atoms with Gasteiger partial charge < -0.3 is 20.7 Å². The maximum atomic E-state index is 11.3. The molecule has 14 heteroatoms. The molecule has 0 saturated heterocycles. The van der Waals surface area contributed by atoms with E-state index in [1.807, 2.05) is 38.1 Å². The minimum absolute atomic E-state index is 0.167. The van der Waals surface area contributed by atoms with Gasteiger partial charge in [0.1, 0.15) is 0 Å². The number of hydrogen-bond acceptors (Lipinski definition) is 10. The van der Waals surface area contributed by atoms with E-state index in [0.717, 1.165) is 28.2 Å². The van der Waals surface area contributed by atoms with Gasteiger partial charge in [0.15, 0.2) is 0 Å². The van der Waals surface area contributed by atoms with Crippen LogP contribution in [0.5, 0.6) is 0 Å². The molecule has 0 radical (unpaired) electrons. The standard InChI is InChI=1S/C40H40N6O6S2/c1-27-23-33(15-21-39(27)43-41-31-11-17-35(18-12-31)53(47,48)49)45(3)25-29-7-5-10-38-30(8-6-9-37(29)38)26-46(4)34-16-22-40(28(2)24-34)44-42-32-13-19-36(20-14-32)54(50,51)52/h5-24,41,43H,25-26H2,1-4H3,(H,47,48,49)(H,50,51,52). The summed E-state index contributed by atoms with van der Waals surface area (Å²) in [5.74, 6) is 0. The Balaban J connectivity index is 1.11. The van der Waals surface area contributed by atoms with Crippen molar-refractivity contribution in [2.24, 2.45) is 10.2 Å². The molecule has 4 N–H and O–H groups in total. The molecule has 6 aromatic rings. The molecule has 0 bridgehead atoms. The highest BCUT2D eigenvalue weighted by Crippen LogP contribution is 2.31. The van der Waals surface area contributed by atoms with Crippen LogP contribution in [0.25, 0.3) is 10.8 Å². The summed E-state index contributed by atoms with van der Waals surface area (Å²) in [7, 11) is -4.39. The zero-order valence-corrected chi connectivity index (χ0v) is 31.7. The average Bonchev–Trinajstić information content (AvgIpc) is 3.13. The Morgan fingerprint density at radius 2 is 1.07 bits per heavy atom. The van der Waals surface area contributed by atoms with Gasteiger partial charge in [0.25, 0.3) is 20.2 Å². The van der Waals surface area contributed by atoms with Crippen LogP contribution in [0.15, 0.2) is 141 Å². The fraction of sp³-hybridized carbons (Fsp3) is 0.150. The predicted molar refractivity (Wildman–Crippen MR) is 214 cm³/mol. The van der Waals surface area contributed by atoms with Crippen molar-refractivity contribution >= 4 is 65.1 Å². The molecule has 12 nitrogen and oxygen atoms in total. The molecule has 6 rings (SSSR count). The van der Waals surface area contributed by atoms with Crippen molar-refractivity contribution < 1.29 is 25.9 Å². The third-order valence-corrected chi connectivity index (χ3v) is 10.8. The summed E-state index contributed by atoms with van der Waals surface area (Å²) in [6.07, 6.45) is 0. The Kier molecular flexibility index (Phi) is 11.0. The van der Waals surface area contributed by atoms with Crippen LogP contribution in [0, 0.1) is 13.8 Å². The molecule has 278 valence electrons. The average molecular weight is 765 g/mol. The lowest BCUT2D eigenvalue weighted by molar-refractivity contribution is 0.481. The lowest BCUT2D eigenvalue weighted by Crippen LogP contribution is -2.18. The maximum Gasteiger partial charge on any atom is 0.294 e. The summed E-state index contributed by atoms with van der Waals surface area (Å²) in [6.45, 7) is 5.36. The fourth-order valence-corrected chi connectivity index (χ4v) is 7.03. The van der Waals surface area contributed by atoms with Gasteiger partial charge in [-0.25, -0.2) is 0 Å². The van der Waals surface area contributed by atoms with Gasteiger partial charge in [0.2, 0.25) is 0 Å². The van der Waals surface area contributed by atoms with Gasteiger partial charge in [0, 0.05) is 38.6 Å². The maximum absolute atomic E-state index is 11.3. The normalized spacial score (nSPS) is 11.9. The van der Waals surface area contributed by atoms with Crippen molar-refractivity contribution in [3.63, 3.8) is 0 Å². The number of benzene rings is 6. The summed E-state index contributed by atoms with van der Waals surface area (Å²) in [5.41, 5.74) is 15.3. The first-order chi connectivity index (χ1) is 25.7. The molecule has 0 amide bonds. The van der Waals surface area contributed by atoms with E-state index in [2.05, 4.69) is 93.5 Å². The molecule has 6 aromatic carbocycles. The van der Waals surface area contributed by atoms with Gasteiger partial charge in [-0.2, -0.15) is 27.1 Å². The summed E-state index contributed by atoms with van der Waals surface area (Å²) in [6, 6.07) is 36.3. The zero-order chi connectivity index (χ0) is 38.6. The van der Waals surface area contributed by atoms with E-state index >= 15 is 0 Å². The minimum Gasteiger partial charge on any atom is -0.370 e. The van der Waals surface area contributed by atoms with E-state index in [-0.39, 0.29) is 9.79 Å². The highest BCUT2D eigenvalue weighted by Gasteiger charge is 2.13. The highest BCUT2D eigenvalue weighted by molar-refractivity contribution is 7.86. The van der Waals surface area contributed by atoms with Crippen LogP contribution in [0.3, 0.4) is 0 Å². The molecule has 54 heavy (non-hydrogen) atoms. The molecule has 0 aliphatic carbocycles. The van der Waals surface area contributed by atoms with E-state index in [0.29, 0.717) is 30.2 Å². The third kappa shape index (κ3) is 9.04. The number of azo groups is 1. The van der Waals surface area contributed by atoms with E-state index < -0.39 is 20.2 Å². The molecular weight excluding hydrogens is 725 g/mol. The predicted octanol–water partition coefficient (Wildman–Crippen LogP) is 9.08. The van der Waals surface area contributed by atoms with Crippen LogP contribution >= 0.6 is 0 Å². The van der Waals surface area contributed by atoms with Crippen LogP contribution in [0.1, 0.15) is 22.3 Å². The fourth-order valence-electron chi connectivity index (χ4n) is 6.07. The van der Waals surface area contributed by atoms with Gasteiger partial charge >= 0.3 is 0 Å². The quantitative estimate of drug-likeness (QED) is 0.0507. The van der Waals surface area contributed by atoms with Gasteiger partial charge in [-0.1, -0.05) is 36.4 Å². The summed E-state index contributed by atoms with van der Waals surface area (Å²) in [5, 5.41) is 10.9. The first-order valence-corrected chi connectivity index (χ1v) is 19.8. The number of fused-ring (bicyclic) bond motifs is 1. The molecule has 0 aliphatic heterocycles. The smallest absolute Gasteiger partial charge is 0.294 e. The van der Waals surface area contributed by atoms with Crippen LogP contribution in [-0.2, 0) is 33.3 Å². The second kappa shape index (κ2) is 15.7. The SMILES string of the molecule is Cc1cc(N(C)Cc2cccc3c(CN(C)c4ccc(NNc5ccc(S(=O)(=O)O)cc5)c(C)c4)cccc23)ccc1N=Nc1ccc(S(=O)(=O)O)cc1. The molecule has 0 spiro atoms. The topological polar surface area (TPSA) is 164 Å². The van der Waals surface area contributed by atoms with E-state index in [4.69, 9.17) is 0 Å². The van der Waals surface area contributed by atoms with Gasteiger partial charge in [0.05, 0.1) is 32.5 Å². The number of nitrogens with zero attached hydrogens (tertiary/aromatic N) is 4. The van der Waals surface area contributed by atoms with Crippen molar-refractivity contribution in [3.05, 3.63) is 144 Å². The molecule has 0 unspecified atom stereocenters. The van der Waals surface area contributed by atoms with Crippen molar-refractivity contribution in [1.29, 1.82) is 0 Å². The van der Waals surface area contributed by atoms with Crippen molar-refractivity contribution in [2.45, 2.75) is 36.7 Å². The number of anilines is 4. The number of nitrogens with one attached hydrogen (secondary N) is 2. The van der Waals surface area contributed by atoms with Crippen LogP contribution in [0.2, 0.25) is 0 Å². The monoisotopic (exact) mass is 764 g/mol. The van der Waals surface area contributed by atoms with Gasteiger partial charge in [-0.05, 0) is 132 Å². The minimum atomic E-state index is -4.27. The number of rotatable bonds is 13. The Morgan fingerprint density at radius 1 is 0.574 bits per heavy atom. The van der Waals surface area contributed by atoms with Crippen LogP contribution < -0.4 is 20.7 Å². The second-order valence-corrected chi connectivity index (χ2v) is 15.9. The van der Waals surface area contributed by atoms with Crippen LogP contribution in [-0.4, -0.2) is 40.0 Å². The Bertz CT molecular complexity index is 2560. The first-order valence-electron chi connectivity index (χ1n) is 16.9. The first kappa shape index (κ1) is 37.9. The second-order valence-electron chi connectivity index (χ2n) is 13.0. The lowest BCUT2D eigenvalue weighted by Gasteiger charge is -2.24. The lowest BCUT2D eigenvalue weighted by atomic mass is 9.99.